The molecule has 0 N–H and O–H groups in total. The van der Waals surface area contributed by atoms with Gasteiger partial charge in [0.25, 0.3) is 0 Å². The zero-order valence-electron chi connectivity index (χ0n) is 6.22. The highest BCUT2D eigenvalue weighted by atomic mass is 13.9. The summed E-state index contributed by atoms with van der Waals surface area (Å²) in [5, 5.41) is 0. The Kier molecular flexibility index (Phi) is 4.89. The first-order chi connectivity index (χ1) is 4.35. The highest BCUT2D eigenvalue weighted by Gasteiger charge is 1.79. The van der Waals surface area contributed by atoms with Crippen LogP contribution in [0.2, 0.25) is 0 Å². The Morgan fingerprint density at radius 2 is 2.22 bits per heavy atom. The Hall–Kier alpha value is -0.780. The molecule has 0 aromatic heterocycles. The smallest absolute Gasteiger partial charge is 0.0308 e. The van der Waals surface area contributed by atoms with Crippen molar-refractivity contribution in [2.45, 2.75) is 20.3 Å². The van der Waals surface area contributed by atoms with Gasteiger partial charge >= 0.3 is 0 Å². The van der Waals surface area contributed by atoms with E-state index in [4.69, 9.17) is 0 Å². The van der Waals surface area contributed by atoms with E-state index in [2.05, 4.69) is 19.6 Å². The van der Waals surface area contributed by atoms with Crippen LogP contribution in [0.3, 0.4) is 0 Å². The fourth-order valence-electron chi connectivity index (χ4n) is 0.550. The van der Waals surface area contributed by atoms with Gasteiger partial charge in [0.1, 0.15) is 0 Å². The van der Waals surface area contributed by atoms with Crippen LogP contribution in [0.5, 0.6) is 0 Å². The fourth-order valence-corrected chi connectivity index (χ4v) is 0.550. The van der Waals surface area contributed by atoms with Crippen LogP contribution in [0, 0.1) is 0 Å². The van der Waals surface area contributed by atoms with Crippen molar-refractivity contribution in [3.8, 4) is 0 Å². The number of rotatable bonds is 3. The van der Waals surface area contributed by atoms with E-state index in [0.717, 1.165) is 6.42 Å². The van der Waals surface area contributed by atoms with E-state index >= 15 is 0 Å². The summed E-state index contributed by atoms with van der Waals surface area (Å²) >= 11 is 0. The molecule has 0 saturated heterocycles. The molecule has 0 rings (SSSR count). The quantitative estimate of drug-likeness (QED) is 0.504. The lowest BCUT2D eigenvalue weighted by atomic mass is 10.2. The average molecular weight is 122 g/mol. The van der Waals surface area contributed by atoms with Crippen molar-refractivity contribution >= 4 is 0 Å². The molecule has 0 saturated carbocycles. The summed E-state index contributed by atoms with van der Waals surface area (Å²) in [6.45, 7) is 7.81. The SMILES string of the molecule is C=CC(=CC=CC)CC. The lowest BCUT2D eigenvalue weighted by Gasteiger charge is -1.89. The lowest BCUT2D eigenvalue weighted by Crippen LogP contribution is -1.69. The van der Waals surface area contributed by atoms with Crippen LogP contribution >= 0.6 is 0 Å². The fraction of sp³-hybridized carbons (Fsp3) is 0.333. The maximum absolute atomic E-state index is 3.68. The molecule has 0 aromatic carbocycles. The molecule has 0 unspecified atom stereocenters. The minimum Gasteiger partial charge on any atom is -0.0988 e. The third-order valence-electron chi connectivity index (χ3n) is 1.17. The molecule has 0 aromatic rings. The first-order valence-corrected chi connectivity index (χ1v) is 3.29. The van der Waals surface area contributed by atoms with E-state index in [0.29, 0.717) is 0 Å². The third kappa shape index (κ3) is 3.77. The molecule has 0 radical (unpaired) electrons. The Morgan fingerprint density at radius 3 is 2.56 bits per heavy atom. The Balaban J connectivity index is 3.90. The minimum atomic E-state index is 1.06. The Bertz CT molecular complexity index is 127. The summed E-state index contributed by atoms with van der Waals surface area (Å²) in [5.74, 6) is 0. The van der Waals surface area contributed by atoms with Crippen molar-refractivity contribution in [1.29, 1.82) is 0 Å². The summed E-state index contributed by atoms with van der Waals surface area (Å²) in [4.78, 5) is 0. The van der Waals surface area contributed by atoms with E-state index in [1.54, 1.807) is 0 Å². The topological polar surface area (TPSA) is 0 Å². The highest BCUT2D eigenvalue weighted by Crippen LogP contribution is 2.00. The van der Waals surface area contributed by atoms with Crippen LogP contribution < -0.4 is 0 Å². The van der Waals surface area contributed by atoms with Crippen LogP contribution in [0.4, 0.5) is 0 Å². The second-order valence-corrected chi connectivity index (χ2v) is 1.83. The van der Waals surface area contributed by atoms with Gasteiger partial charge in [0, 0.05) is 0 Å². The molecule has 0 heteroatoms. The number of allylic oxidation sites excluding steroid dienone is 5. The minimum absolute atomic E-state index is 1.06. The van der Waals surface area contributed by atoms with Crippen molar-refractivity contribution in [2.24, 2.45) is 0 Å². The molecule has 9 heavy (non-hydrogen) atoms. The van der Waals surface area contributed by atoms with Crippen molar-refractivity contribution in [3.63, 3.8) is 0 Å². The van der Waals surface area contributed by atoms with Gasteiger partial charge in [0.05, 0.1) is 0 Å². The van der Waals surface area contributed by atoms with Crippen molar-refractivity contribution in [2.75, 3.05) is 0 Å². The largest absolute Gasteiger partial charge is 0.0988 e. The molecule has 0 heterocycles. The summed E-state index contributed by atoms with van der Waals surface area (Å²) in [6.07, 6.45) is 9.07. The molecular weight excluding hydrogens is 108 g/mol. The van der Waals surface area contributed by atoms with E-state index < -0.39 is 0 Å². The first kappa shape index (κ1) is 8.22. The molecule has 0 spiro atoms. The third-order valence-corrected chi connectivity index (χ3v) is 1.17. The van der Waals surface area contributed by atoms with E-state index in [1.165, 1.54) is 5.57 Å². The van der Waals surface area contributed by atoms with Gasteiger partial charge in [-0.2, -0.15) is 0 Å². The highest BCUT2D eigenvalue weighted by molar-refractivity contribution is 5.21. The van der Waals surface area contributed by atoms with Gasteiger partial charge in [-0.15, -0.1) is 0 Å². The zero-order valence-corrected chi connectivity index (χ0v) is 6.22. The molecule has 50 valence electrons. The molecule has 0 aliphatic carbocycles. The molecule has 0 aliphatic rings. The van der Waals surface area contributed by atoms with E-state index in [1.807, 2.05) is 25.2 Å². The van der Waals surface area contributed by atoms with Crippen molar-refractivity contribution in [1.82, 2.24) is 0 Å². The van der Waals surface area contributed by atoms with Gasteiger partial charge in [-0.25, -0.2) is 0 Å². The van der Waals surface area contributed by atoms with Crippen LogP contribution in [-0.4, -0.2) is 0 Å². The maximum atomic E-state index is 3.68. The van der Waals surface area contributed by atoms with Crippen LogP contribution in [0.25, 0.3) is 0 Å². The molecule has 0 amide bonds. The average Bonchev–Trinajstić information content (AvgIpc) is 1.91. The molecule has 0 nitrogen and oxygen atoms in total. The van der Waals surface area contributed by atoms with Crippen LogP contribution in [0.15, 0.2) is 36.5 Å². The number of hydrogen-bond donors (Lipinski definition) is 0. The summed E-state index contributed by atoms with van der Waals surface area (Å²) in [6, 6.07) is 0. The summed E-state index contributed by atoms with van der Waals surface area (Å²) in [5.41, 5.74) is 1.29. The Labute approximate surface area is 57.6 Å². The van der Waals surface area contributed by atoms with Gasteiger partial charge in [0.2, 0.25) is 0 Å². The zero-order chi connectivity index (χ0) is 7.11. The van der Waals surface area contributed by atoms with Crippen LogP contribution in [0.1, 0.15) is 20.3 Å². The van der Waals surface area contributed by atoms with E-state index in [9.17, 15) is 0 Å². The van der Waals surface area contributed by atoms with Crippen molar-refractivity contribution < 1.29 is 0 Å². The predicted molar refractivity (Wildman–Crippen MR) is 43.4 cm³/mol. The van der Waals surface area contributed by atoms with Gasteiger partial charge in [-0.05, 0) is 18.9 Å². The monoisotopic (exact) mass is 122 g/mol. The van der Waals surface area contributed by atoms with Gasteiger partial charge < -0.3 is 0 Å². The molecule has 0 fully saturated rings. The van der Waals surface area contributed by atoms with E-state index in [-0.39, 0.29) is 0 Å². The first-order valence-electron chi connectivity index (χ1n) is 3.29. The maximum Gasteiger partial charge on any atom is -0.0308 e. The number of hydrogen-bond acceptors (Lipinski definition) is 0. The predicted octanol–water partition coefficient (Wildman–Crippen LogP) is 3.08. The molecule has 0 bridgehead atoms. The summed E-state index contributed by atoms with van der Waals surface area (Å²) in [7, 11) is 0. The summed E-state index contributed by atoms with van der Waals surface area (Å²) < 4.78 is 0. The molecular formula is C9H14. The van der Waals surface area contributed by atoms with Gasteiger partial charge in [0.15, 0.2) is 0 Å². The second kappa shape index (κ2) is 5.36. The molecule has 0 atom stereocenters. The van der Waals surface area contributed by atoms with Crippen molar-refractivity contribution in [3.05, 3.63) is 36.5 Å². The Morgan fingerprint density at radius 1 is 1.56 bits per heavy atom. The second-order valence-electron chi connectivity index (χ2n) is 1.83. The lowest BCUT2D eigenvalue weighted by molar-refractivity contribution is 1.15. The van der Waals surface area contributed by atoms with Crippen LogP contribution in [-0.2, 0) is 0 Å². The standard InChI is InChI=1S/C9H14/c1-4-7-8-9(5-2)6-3/h4-5,7-8H,2,6H2,1,3H3. The van der Waals surface area contributed by atoms with Gasteiger partial charge in [-0.3, -0.25) is 0 Å². The molecule has 0 aliphatic heterocycles. The normalized spacial score (nSPS) is 12.4. The van der Waals surface area contributed by atoms with Gasteiger partial charge in [-0.1, -0.05) is 37.8 Å².